The number of hydrogen-bond acceptors (Lipinski definition) is 6. The zero-order chi connectivity index (χ0) is 24.7. The number of carbonyl (C=O) groups excluding carboxylic acids is 2. The standard InChI is InChI=1S/C24H23Br2N3O5/c1-4-32-21-11-16(12-27-29-24(31)20-6-5-7-33-20)10-18(26)23(21)34-13-22(30)28-19-9-15(3)14(2)8-17(19)25/h5-12H,4,13H2,1-3H3,(H,28,30)(H,29,31)/b27-12-. The van der Waals surface area contributed by atoms with E-state index in [0.717, 1.165) is 15.6 Å². The largest absolute Gasteiger partial charge is 0.490 e. The number of hydrazone groups is 1. The lowest BCUT2D eigenvalue weighted by Gasteiger charge is -2.15. The first-order chi connectivity index (χ1) is 16.3. The van der Waals surface area contributed by atoms with E-state index in [1.54, 1.807) is 18.2 Å². The van der Waals surface area contributed by atoms with Crippen LogP contribution < -0.4 is 20.2 Å². The number of rotatable bonds is 9. The summed E-state index contributed by atoms with van der Waals surface area (Å²) in [4.78, 5) is 24.4. The highest BCUT2D eigenvalue weighted by Gasteiger charge is 2.15. The number of benzene rings is 2. The SMILES string of the molecule is CCOc1cc(/C=N\NC(=O)c2ccco2)cc(Br)c1OCC(=O)Nc1cc(C)c(C)cc1Br. The zero-order valence-corrected chi connectivity index (χ0v) is 21.9. The van der Waals surface area contributed by atoms with E-state index in [1.807, 2.05) is 32.9 Å². The van der Waals surface area contributed by atoms with Gasteiger partial charge in [-0.1, -0.05) is 0 Å². The second-order valence-electron chi connectivity index (χ2n) is 7.19. The van der Waals surface area contributed by atoms with Crippen LogP contribution in [0.15, 0.2) is 61.1 Å². The Morgan fingerprint density at radius 2 is 1.85 bits per heavy atom. The highest BCUT2D eigenvalue weighted by atomic mass is 79.9. The monoisotopic (exact) mass is 591 g/mol. The van der Waals surface area contributed by atoms with Gasteiger partial charge in [0.25, 0.3) is 5.91 Å². The van der Waals surface area contributed by atoms with Crippen molar-refractivity contribution >= 4 is 55.6 Å². The first-order valence-electron chi connectivity index (χ1n) is 10.3. The van der Waals surface area contributed by atoms with Crippen molar-refractivity contribution in [3.63, 3.8) is 0 Å². The van der Waals surface area contributed by atoms with E-state index in [-0.39, 0.29) is 18.3 Å². The Bertz CT molecular complexity index is 1210. The molecule has 1 heterocycles. The van der Waals surface area contributed by atoms with E-state index in [0.29, 0.717) is 33.8 Å². The van der Waals surface area contributed by atoms with Crippen molar-refractivity contribution in [2.24, 2.45) is 5.10 Å². The van der Waals surface area contributed by atoms with Crippen LogP contribution in [0.25, 0.3) is 0 Å². The van der Waals surface area contributed by atoms with Gasteiger partial charge in [0.15, 0.2) is 23.9 Å². The Hall–Kier alpha value is -3.11. The molecule has 0 aliphatic carbocycles. The van der Waals surface area contributed by atoms with Gasteiger partial charge in [0.2, 0.25) is 0 Å². The minimum atomic E-state index is -0.466. The van der Waals surface area contributed by atoms with E-state index in [4.69, 9.17) is 13.9 Å². The van der Waals surface area contributed by atoms with Crippen LogP contribution in [0.3, 0.4) is 0 Å². The van der Waals surface area contributed by atoms with Crippen LogP contribution in [0.1, 0.15) is 34.2 Å². The summed E-state index contributed by atoms with van der Waals surface area (Å²) in [7, 11) is 0. The summed E-state index contributed by atoms with van der Waals surface area (Å²) < 4.78 is 17.8. The Morgan fingerprint density at radius 1 is 1.09 bits per heavy atom. The summed E-state index contributed by atoms with van der Waals surface area (Å²) in [5.41, 5.74) is 5.89. The third kappa shape index (κ3) is 6.71. The Morgan fingerprint density at radius 3 is 2.56 bits per heavy atom. The average molecular weight is 593 g/mol. The van der Waals surface area contributed by atoms with Crippen LogP contribution in [0.4, 0.5) is 5.69 Å². The Kier molecular flexibility index (Phi) is 8.89. The average Bonchev–Trinajstić information content (AvgIpc) is 3.32. The number of carbonyl (C=O) groups is 2. The Labute approximate surface area is 214 Å². The lowest BCUT2D eigenvalue weighted by molar-refractivity contribution is -0.118. The molecule has 178 valence electrons. The number of amides is 2. The maximum atomic E-state index is 12.5. The minimum absolute atomic E-state index is 0.156. The summed E-state index contributed by atoms with van der Waals surface area (Å²) in [6.07, 6.45) is 2.87. The van der Waals surface area contributed by atoms with E-state index < -0.39 is 5.91 Å². The third-order valence-corrected chi connectivity index (χ3v) is 5.91. The summed E-state index contributed by atoms with van der Waals surface area (Å²) in [6, 6.07) is 10.4. The topological polar surface area (TPSA) is 102 Å². The lowest BCUT2D eigenvalue weighted by atomic mass is 10.1. The number of nitrogens with zero attached hydrogens (tertiary/aromatic N) is 1. The van der Waals surface area contributed by atoms with Gasteiger partial charge >= 0.3 is 5.91 Å². The molecular formula is C24H23Br2N3O5. The second-order valence-corrected chi connectivity index (χ2v) is 8.90. The van der Waals surface area contributed by atoms with Crippen LogP contribution in [0, 0.1) is 13.8 Å². The van der Waals surface area contributed by atoms with Gasteiger partial charge in [-0.2, -0.15) is 5.10 Å². The summed E-state index contributed by atoms with van der Waals surface area (Å²) in [6.45, 7) is 5.99. The molecule has 1 aromatic heterocycles. The molecule has 2 amide bonds. The number of nitrogens with one attached hydrogen (secondary N) is 2. The normalized spacial score (nSPS) is 10.9. The fraction of sp³-hybridized carbons (Fsp3) is 0.208. The van der Waals surface area contributed by atoms with Gasteiger partial charge < -0.3 is 19.2 Å². The quantitative estimate of drug-likeness (QED) is 0.249. The van der Waals surface area contributed by atoms with Gasteiger partial charge in [0, 0.05) is 4.47 Å². The zero-order valence-electron chi connectivity index (χ0n) is 18.8. The number of hydrogen-bond donors (Lipinski definition) is 2. The van der Waals surface area contributed by atoms with Gasteiger partial charge in [0.1, 0.15) is 0 Å². The molecule has 3 aromatic rings. The maximum Gasteiger partial charge on any atom is 0.307 e. The van der Waals surface area contributed by atoms with Gasteiger partial charge in [0.05, 0.1) is 29.2 Å². The maximum absolute atomic E-state index is 12.5. The summed E-state index contributed by atoms with van der Waals surface area (Å²) in [5.74, 6) is 0.184. The molecule has 10 heteroatoms. The van der Waals surface area contributed by atoms with Crippen LogP contribution in [-0.2, 0) is 4.79 Å². The molecular weight excluding hydrogens is 570 g/mol. The smallest absolute Gasteiger partial charge is 0.307 e. The van der Waals surface area contributed by atoms with Gasteiger partial charge in [-0.05, 0) is 106 Å². The van der Waals surface area contributed by atoms with Crippen molar-refractivity contribution in [2.75, 3.05) is 18.5 Å². The van der Waals surface area contributed by atoms with Crippen molar-refractivity contribution in [3.8, 4) is 11.5 Å². The van der Waals surface area contributed by atoms with Gasteiger partial charge in [-0.15, -0.1) is 0 Å². The summed E-state index contributed by atoms with van der Waals surface area (Å²) in [5, 5.41) is 6.79. The molecule has 0 aliphatic rings. The molecule has 0 radical (unpaired) electrons. The first-order valence-corrected chi connectivity index (χ1v) is 11.9. The van der Waals surface area contributed by atoms with E-state index in [2.05, 4.69) is 47.7 Å². The van der Waals surface area contributed by atoms with Crippen LogP contribution in [-0.4, -0.2) is 31.2 Å². The van der Waals surface area contributed by atoms with Crippen molar-refractivity contribution in [1.82, 2.24) is 5.43 Å². The predicted molar refractivity (Wildman–Crippen MR) is 137 cm³/mol. The molecule has 2 N–H and O–H groups in total. The van der Waals surface area contributed by atoms with E-state index >= 15 is 0 Å². The number of aryl methyl sites for hydroxylation is 2. The molecule has 0 aliphatic heterocycles. The van der Waals surface area contributed by atoms with E-state index in [9.17, 15) is 9.59 Å². The fourth-order valence-electron chi connectivity index (χ4n) is 2.89. The molecule has 0 saturated heterocycles. The third-order valence-electron chi connectivity index (χ3n) is 4.66. The van der Waals surface area contributed by atoms with Crippen LogP contribution in [0.2, 0.25) is 0 Å². The molecule has 0 spiro atoms. The van der Waals surface area contributed by atoms with Crippen molar-refractivity contribution in [3.05, 3.63) is 74.1 Å². The number of furan rings is 1. The fourth-order valence-corrected chi connectivity index (χ4v) is 4.03. The number of anilines is 1. The van der Waals surface area contributed by atoms with Crippen molar-refractivity contribution in [2.45, 2.75) is 20.8 Å². The van der Waals surface area contributed by atoms with Crippen molar-refractivity contribution in [1.29, 1.82) is 0 Å². The molecule has 3 rings (SSSR count). The summed E-state index contributed by atoms with van der Waals surface area (Å²) >= 11 is 6.93. The molecule has 34 heavy (non-hydrogen) atoms. The van der Waals surface area contributed by atoms with Crippen LogP contribution >= 0.6 is 31.9 Å². The Balaban J connectivity index is 1.68. The molecule has 0 fully saturated rings. The van der Waals surface area contributed by atoms with Crippen molar-refractivity contribution < 1.29 is 23.5 Å². The van der Waals surface area contributed by atoms with Gasteiger partial charge in [-0.3, -0.25) is 9.59 Å². The molecule has 0 unspecified atom stereocenters. The first kappa shape index (κ1) is 25.5. The predicted octanol–water partition coefficient (Wildman–Crippen LogP) is 5.60. The van der Waals surface area contributed by atoms with Gasteiger partial charge in [-0.25, -0.2) is 5.43 Å². The molecule has 2 aromatic carbocycles. The second kappa shape index (κ2) is 11.8. The highest BCUT2D eigenvalue weighted by molar-refractivity contribution is 9.11. The lowest BCUT2D eigenvalue weighted by Crippen LogP contribution is -2.21. The number of halogens is 2. The van der Waals surface area contributed by atoms with Crippen LogP contribution in [0.5, 0.6) is 11.5 Å². The molecule has 0 bridgehead atoms. The van der Waals surface area contributed by atoms with E-state index in [1.165, 1.54) is 18.5 Å². The molecule has 0 atom stereocenters. The minimum Gasteiger partial charge on any atom is -0.490 e. The molecule has 8 nitrogen and oxygen atoms in total. The molecule has 0 saturated carbocycles. The number of ether oxygens (including phenoxy) is 2. The highest BCUT2D eigenvalue weighted by Crippen LogP contribution is 2.36.